The van der Waals surface area contributed by atoms with E-state index in [4.69, 9.17) is 11.6 Å². The van der Waals surface area contributed by atoms with E-state index in [2.05, 4.69) is 45.2 Å². The molecule has 1 atom stereocenters. The van der Waals surface area contributed by atoms with Gasteiger partial charge in [-0.15, -0.1) is 0 Å². The summed E-state index contributed by atoms with van der Waals surface area (Å²) in [7, 11) is 0. The maximum absolute atomic E-state index is 6.36. The highest BCUT2D eigenvalue weighted by atomic mass is 79.9. The fraction of sp³-hybridized carbons (Fsp3) is 0.600. The highest BCUT2D eigenvalue weighted by Gasteiger charge is 2.46. The van der Waals surface area contributed by atoms with Gasteiger partial charge in [-0.05, 0) is 43.4 Å². The summed E-state index contributed by atoms with van der Waals surface area (Å²) < 4.78 is 1.05. The van der Waals surface area contributed by atoms with Crippen LogP contribution in [0, 0.1) is 5.92 Å². The molecule has 0 radical (unpaired) electrons. The van der Waals surface area contributed by atoms with Crippen LogP contribution in [0.15, 0.2) is 22.7 Å². The quantitative estimate of drug-likeness (QED) is 0.900. The van der Waals surface area contributed by atoms with Crippen molar-refractivity contribution in [2.75, 3.05) is 19.6 Å². The van der Waals surface area contributed by atoms with Gasteiger partial charge in [0, 0.05) is 41.2 Å². The first-order chi connectivity index (χ1) is 9.09. The zero-order valence-corrected chi connectivity index (χ0v) is 13.6. The number of nitrogens with one attached hydrogen (secondary N) is 1. The Hall–Kier alpha value is -0.0900. The smallest absolute Gasteiger partial charge is 0.0462 e. The Morgan fingerprint density at radius 2 is 2.26 bits per heavy atom. The van der Waals surface area contributed by atoms with Crippen LogP contribution in [-0.2, 0) is 6.54 Å². The molecule has 1 heterocycles. The minimum Gasteiger partial charge on any atom is -0.314 e. The summed E-state index contributed by atoms with van der Waals surface area (Å²) in [5, 5.41) is 4.42. The molecule has 1 saturated heterocycles. The average Bonchev–Trinajstić information content (AvgIpc) is 3.19. The van der Waals surface area contributed by atoms with Crippen LogP contribution in [0.25, 0.3) is 0 Å². The molecule has 1 aliphatic carbocycles. The van der Waals surface area contributed by atoms with E-state index in [0.29, 0.717) is 5.54 Å². The Balaban J connectivity index is 1.80. The Kier molecular flexibility index (Phi) is 3.91. The van der Waals surface area contributed by atoms with Gasteiger partial charge in [0.15, 0.2) is 0 Å². The normalized spacial score (nSPS) is 28.6. The fourth-order valence-electron chi connectivity index (χ4n) is 3.15. The van der Waals surface area contributed by atoms with Crippen molar-refractivity contribution in [3.63, 3.8) is 0 Å². The minimum absolute atomic E-state index is 0.300. The third kappa shape index (κ3) is 2.85. The van der Waals surface area contributed by atoms with E-state index < -0.39 is 0 Å². The predicted octanol–water partition coefficient (Wildman–Crippen LogP) is 3.68. The van der Waals surface area contributed by atoms with Gasteiger partial charge < -0.3 is 5.32 Å². The van der Waals surface area contributed by atoms with Gasteiger partial charge in [0.1, 0.15) is 0 Å². The summed E-state index contributed by atoms with van der Waals surface area (Å²) in [6, 6.07) is 6.22. The number of hydrogen-bond donors (Lipinski definition) is 1. The van der Waals surface area contributed by atoms with Gasteiger partial charge in [-0.2, -0.15) is 0 Å². The van der Waals surface area contributed by atoms with Gasteiger partial charge >= 0.3 is 0 Å². The first-order valence-electron chi connectivity index (χ1n) is 6.99. The van der Waals surface area contributed by atoms with Crippen LogP contribution in [0.2, 0.25) is 5.02 Å². The molecule has 3 rings (SSSR count). The summed E-state index contributed by atoms with van der Waals surface area (Å²) in [6.45, 7) is 6.66. The van der Waals surface area contributed by atoms with Crippen molar-refractivity contribution in [1.82, 2.24) is 10.2 Å². The number of piperazine rings is 1. The van der Waals surface area contributed by atoms with Crippen molar-refractivity contribution in [3.05, 3.63) is 33.3 Å². The minimum atomic E-state index is 0.300. The van der Waals surface area contributed by atoms with Gasteiger partial charge in [-0.1, -0.05) is 33.6 Å². The van der Waals surface area contributed by atoms with Crippen LogP contribution in [0.1, 0.15) is 25.3 Å². The monoisotopic (exact) mass is 342 g/mol. The number of rotatable bonds is 3. The second-order valence-electron chi connectivity index (χ2n) is 5.97. The average molecular weight is 344 g/mol. The molecule has 1 N–H and O–H groups in total. The molecule has 2 aliphatic rings. The lowest BCUT2D eigenvalue weighted by Gasteiger charge is -2.46. The van der Waals surface area contributed by atoms with Crippen LogP contribution < -0.4 is 5.32 Å². The summed E-state index contributed by atoms with van der Waals surface area (Å²) in [5.74, 6) is 0.856. The van der Waals surface area contributed by atoms with Crippen molar-refractivity contribution >= 4 is 27.5 Å². The molecule has 0 spiro atoms. The van der Waals surface area contributed by atoms with Crippen molar-refractivity contribution in [3.8, 4) is 0 Å². The fourth-order valence-corrected chi connectivity index (χ4v) is 3.88. The van der Waals surface area contributed by atoms with Crippen LogP contribution >= 0.6 is 27.5 Å². The summed E-state index contributed by atoms with van der Waals surface area (Å²) in [5.41, 5.74) is 1.54. The van der Waals surface area contributed by atoms with Gasteiger partial charge in [-0.3, -0.25) is 4.90 Å². The van der Waals surface area contributed by atoms with E-state index in [0.717, 1.165) is 41.6 Å². The lowest BCUT2D eigenvalue weighted by Crippen LogP contribution is -2.60. The molecule has 1 saturated carbocycles. The largest absolute Gasteiger partial charge is 0.314 e. The topological polar surface area (TPSA) is 15.3 Å². The van der Waals surface area contributed by atoms with Crippen molar-refractivity contribution < 1.29 is 0 Å². The van der Waals surface area contributed by atoms with Gasteiger partial charge in [0.2, 0.25) is 0 Å². The zero-order chi connectivity index (χ0) is 13.5. The van der Waals surface area contributed by atoms with Crippen molar-refractivity contribution in [1.29, 1.82) is 0 Å². The molecule has 0 bridgehead atoms. The molecule has 1 unspecified atom stereocenters. The maximum Gasteiger partial charge on any atom is 0.0462 e. The first kappa shape index (κ1) is 13.9. The van der Waals surface area contributed by atoms with E-state index in [1.54, 1.807) is 0 Å². The maximum atomic E-state index is 6.36. The molecular formula is C15H20BrClN2. The molecule has 4 heteroatoms. The molecule has 0 aromatic heterocycles. The van der Waals surface area contributed by atoms with E-state index in [-0.39, 0.29) is 0 Å². The molecule has 1 aromatic rings. The third-order valence-electron chi connectivity index (χ3n) is 4.60. The molecule has 2 nitrogen and oxygen atoms in total. The lowest BCUT2D eigenvalue weighted by atomic mass is 9.90. The van der Waals surface area contributed by atoms with Gasteiger partial charge in [0.05, 0.1) is 0 Å². The van der Waals surface area contributed by atoms with Gasteiger partial charge in [0.25, 0.3) is 0 Å². The Bertz CT molecular complexity index is 475. The SMILES string of the molecule is CC1(C2CC2)CNCCN1Cc1ccc(Br)cc1Cl. The molecule has 0 amide bonds. The van der Waals surface area contributed by atoms with E-state index in [9.17, 15) is 0 Å². The Labute approximate surface area is 128 Å². The highest BCUT2D eigenvalue weighted by Crippen LogP contribution is 2.44. The Morgan fingerprint density at radius 3 is 2.95 bits per heavy atom. The zero-order valence-electron chi connectivity index (χ0n) is 11.3. The van der Waals surface area contributed by atoms with Crippen LogP contribution in [0.3, 0.4) is 0 Å². The number of halogens is 2. The van der Waals surface area contributed by atoms with Crippen LogP contribution in [0.4, 0.5) is 0 Å². The molecule has 1 aliphatic heterocycles. The van der Waals surface area contributed by atoms with Crippen LogP contribution in [0.5, 0.6) is 0 Å². The molecule has 2 fully saturated rings. The number of hydrogen-bond acceptors (Lipinski definition) is 2. The standard InChI is InChI=1S/C15H20BrClN2/c1-15(12-3-4-12)10-18-6-7-19(15)9-11-2-5-13(16)8-14(11)17/h2,5,8,12,18H,3-4,6-7,9-10H2,1H3. The molecule has 19 heavy (non-hydrogen) atoms. The molecule has 104 valence electrons. The first-order valence-corrected chi connectivity index (χ1v) is 8.16. The summed E-state index contributed by atoms with van der Waals surface area (Å²) >= 11 is 9.83. The lowest BCUT2D eigenvalue weighted by molar-refractivity contribution is 0.0485. The summed E-state index contributed by atoms with van der Waals surface area (Å²) in [6.07, 6.45) is 2.76. The van der Waals surface area contributed by atoms with Crippen molar-refractivity contribution in [2.45, 2.75) is 31.8 Å². The van der Waals surface area contributed by atoms with Crippen LogP contribution in [-0.4, -0.2) is 30.1 Å². The van der Waals surface area contributed by atoms with E-state index in [1.165, 1.54) is 18.4 Å². The van der Waals surface area contributed by atoms with Crippen molar-refractivity contribution in [2.24, 2.45) is 5.92 Å². The summed E-state index contributed by atoms with van der Waals surface area (Å²) in [4.78, 5) is 2.62. The molecule has 1 aromatic carbocycles. The number of benzene rings is 1. The van der Waals surface area contributed by atoms with E-state index >= 15 is 0 Å². The second kappa shape index (κ2) is 5.36. The Morgan fingerprint density at radius 1 is 1.47 bits per heavy atom. The highest BCUT2D eigenvalue weighted by molar-refractivity contribution is 9.10. The second-order valence-corrected chi connectivity index (χ2v) is 7.29. The predicted molar refractivity (Wildman–Crippen MR) is 83.6 cm³/mol. The van der Waals surface area contributed by atoms with E-state index in [1.807, 2.05) is 6.07 Å². The number of nitrogens with zero attached hydrogens (tertiary/aromatic N) is 1. The van der Waals surface area contributed by atoms with Gasteiger partial charge in [-0.25, -0.2) is 0 Å². The third-order valence-corrected chi connectivity index (χ3v) is 5.44. The molecular weight excluding hydrogens is 324 g/mol.